The van der Waals surface area contributed by atoms with Crippen molar-refractivity contribution >= 4 is 17.4 Å². The summed E-state index contributed by atoms with van der Waals surface area (Å²) >= 11 is 5.81. The molecule has 0 amide bonds. The van der Waals surface area contributed by atoms with Gasteiger partial charge in [0.15, 0.2) is 0 Å². The maximum Gasteiger partial charge on any atom is 0.224 e. The first-order chi connectivity index (χ1) is 7.20. The van der Waals surface area contributed by atoms with Gasteiger partial charge in [0.25, 0.3) is 0 Å². The van der Waals surface area contributed by atoms with Crippen LogP contribution in [0.1, 0.15) is 18.5 Å². The summed E-state index contributed by atoms with van der Waals surface area (Å²) in [5.74, 6) is 0.823. The monoisotopic (exact) mass is 227 g/mol. The molecule has 1 atom stereocenters. The summed E-state index contributed by atoms with van der Waals surface area (Å²) in [7, 11) is 0. The van der Waals surface area contributed by atoms with E-state index in [-0.39, 0.29) is 17.9 Å². The summed E-state index contributed by atoms with van der Waals surface area (Å²) in [6.45, 7) is 2.99. The summed E-state index contributed by atoms with van der Waals surface area (Å²) in [4.78, 5) is 10.3. The summed E-state index contributed by atoms with van der Waals surface area (Å²) in [5.41, 5.74) is 0.855. The molecule has 2 heterocycles. The van der Waals surface area contributed by atoms with Crippen LogP contribution in [0.2, 0.25) is 5.28 Å². The van der Waals surface area contributed by atoms with E-state index in [0.717, 1.165) is 30.9 Å². The number of hydrogen-bond donors (Lipinski definition) is 1. The molecule has 1 saturated heterocycles. The molecule has 1 fully saturated rings. The Bertz CT molecular complexity index is 338. The number of aliphatic hydroxyl groups excluding tert-OH is 1. The Hall–Kier alpha value is -0.870. The Balaban J connectivity index is 2.28. The van der Waals surface area contributed by atoms with Crippen LogP contribution >= 0.6 is 11.6 Å². The summed E-state index contributed by atoms with van der Waals surface area (Å²) in [5, 5.41) is 9.49. The smallest absolute Gasteiger partial charge is 0.224 e. The third-order valence-electron chi connectivity index (χ3n) is 2.70. The Morgan fingerprint density at radius 1 is 1.60 bits per heavy atom. The fourth-order valence-electron chi connectivity index (χ4n) is 1.99. The quantitative estimate of drug-likeness (QED) is 0.776. The molecule has 0 spiro atoms. The number of aliphatic hydroxyl groups is 1. The van der Waals surface area contributed by atoms with Crippen LogP contribution in [0.25, 0.3) is 0 Å². The molecule has 5 heteroatoms. The van der Waals surface area contributed by atoms with E-state index in [1.165, 1.54) is 0 Å². The largest absolute Gasteiger partial charge is 0.394 e. The van der Waals surface area contributed by atoms with Crippen molar-refractivity contribution in [3.05, 3.63) is 17.0 Å². The average Bonchev–Trinajstić information content (AvgIpc) is 2.63. The maximum atomic E-state index is 9.22. The molecule has 1 N–H and O–H groups in total. The number of rotatable bonds is 2. The second-order valence-electron chi connectivity index (χ2n) is 3.81. The minimum atomic E-state index is 0.167. The van der Waals surface area contributed by atoms with Crippen molar-refractivity contribution < 1.29 is 5.11 Å². The third kappa shape index (κ3) is 2.21. The lowest BCUT2D eigenvalue weighted by molar-refractivity contribution is 0.266. The lowest BCUT2D eigenvalue weighted by atomic mass is 10.2. The van der Waals surface area contributed by atoms with E-state index >= 15 is 0 Å². The number of aryl methyl sites for hydroxylation is 1. The van der Waals surface area contributed by atoms with Crippen molar-refractivity contribution in [1.82, 2.24) is 9.97 Å². The first-order valence-electron chi connectivity index (χ1n) is 5.09. The Kier molecular flexibility index (Phi) is 3.07. The van der Waals surface area contributed by atoms with Gasteiger partial charge in [0.05, 0.1) is 12.6 Å². The molecule has 2 rings (SSSR count). The van der Waals surface area contributed by atoms with Crippen LogP contribution in [0.4, 0.5) is 5.82 Å². The van der Waals surface area contributed by atoms with Gasteiger partial charge in [0, 0.05) is 18.3 Å². The maximum absolute atomic E-state index is 9.22. The van der Waals surface area contributed by atoms with Gasteiger partial charge in [0.1, 0.15) is 5.82 Å². The highest BCUT2D eigenvalue weighted by atomic mass is 35.5. The molecule has 0 aromatic carbocycles. The van der Waals surface area contributed by atoms with Gasteiger partial charge in [-0.3, -0.25) is 0 Å². The molecular weight excluding hydrogens is 214 g/mol. The van der Waals surface area contributed by atoms with E-state index in [4.69, 9.17) is 11.6 Å². The summed E-state index contributed by atoms with van der Waals surface area (Å²) in [6.07, 6.45) is 2.10. The van der Waals surface area contributed by atoms with Gasteiger partial charge in [-0.2, -0.15) is 0 Å². The van der Waals surface area contributed by atoms with Gasteiger partial charge in [-0.25, -0.2) is 9.97 Å². The normalized spacial score (nSPS) is 21.0. The Morgan fingerprint density at radius 3 is 3.07 bits per heavy atom. The first-order valence-corrected chi connectivity index (χ1v) is 5.47. The molecule has 0 unspecified atom stereocenters. The molecule has 0 aliphatic carbocycles. The zero-order valence-electron chi connectivity index (χ0n) is 8.65. The number of halogens is 1. The minimum Gasteiger partial charge on any atom is -0.394 e. The second kappa shape index (κ2) is 4.33. The molecule has 1 aromatic rings. The molecule has 0 saturated carbocycles. The topological polar surface area (TPSA) is 49.2 Å². The highest BCUT2D eigenvalue weighted by Gasteiger charge is 2.25. The van der Waals surface area contributed by atoms with Gasteiger partial charge in [-0.15, -0.1) is 0 Å². The highest BCUT2D eigenvalue weighted by molar-refractivity contribution is 6.28. The van der Waals surface area contributed by atoms with Crippen molar-refractivity contribution in [2.24, 2.45) is 0 Å². The van der Waals surface area contributed by atoms with Crippen LogP contribution < -0.4 is 4.90 Å². The second-order valence-corrected chi connectivity index (χ2v) is 4.15. The zero-order chi connectivity index (χ0) is 10.8. The SMILES string of the molecule is Cc1cc(N2CCC[C@H]2CO)nc(Cl)n1. The van der Waals surface area contributed by atoms with Crippen LogP contribution in [-0.2, 0) is 0 Å². The fourth-order valence-corrected chi connectivity index (χ4v) is 2.21. The van der Waals surface area contributed by atoms with Gasteiger partial charge >= 0.3 is 0 Å². The summed E-state index contributed by atoms with van der Waals surface area (Å²) < 4.78 is 0. The molecule has 4 nitrogen and oxygen atoms in total. The lowest BCUT2D eigenvalue weighted by Gasteiger charge is -2.24. The molecule has 1 aliphatic rings. The average molecular weight is 228 g/mol. The molecule has 1 aromatic heterocycles. The van der Waals surface area contributed by atoms with Crippen molar-refractivity contribution in [3.8, 4) is 0 Å². The van der Waals surface area contributed by atoms with Crippen LogP contribution in [0.3, 0.4) is 0 Å². The van der Waals surface area contributed by atoms with Crippen LogP contribution in [0.5, 0.6) is 0 Å². The predicted molar refractivity (Wildman–Crippen MR) is 59.2 cm³/mol. The van der Waals surface area contributed by atoms with E-state index in [9.17, 15) is 5.11 Å². The molecule has 1 aliphatic heterocycles. The Morgan fingerprint density at radius 2 is 2.40 bits per heavy atom. The summed E-state index contributed by atoms with van der Waals surface area (Å²) in [6, 6.07) is 2.08. The van der Waals surface area contributed by atoms with E-state index in [1.807, 2.05) is 13.0 Å². The van der Waals surface area contributed by atoms with E-state index in [2.05, 4.69) is 14.9 Å². The van der Waals surface area contributed by atoms with Crippen LogP contribution in [0.15, 0.2) is 6.07 Å². The standard InChI is InChI=1S/C10H14ClN3O/c1-7-5-9(13-10(11)12-7)14-4-2-3-8(14)6-15/h5,8,15H,2-4,6H2,1H3/t8-/m0/s1. The van der Waals surface area contributed by atoms with Crippen LogP contribution in [0, 0.1) is 6.92 Å². The van der Waals surface area contributed by atoms with Crippen molar-refractivity contribution in [3.63, 3.8) is 0 Å². The predicted octanol–water partition coefficient (Wildman–Crippen LogP) is 1.40. The molecule has 0 radical (unpaired) electrons. The van der Waals surface area contributed by atoms with Gasteiger partial charge < -0.3 is 10.0 Å². The Labute approximate surface area is 93.9 Å². The van der Waals surface area contributed by atoms with E-state index in [0.29, 0.717) is 0 Å². The molecule has 15 heavy (non-hydrogen) atoms. The zero-order valence-corrected chi connectivity index (χ0v) is 9.41. The third-order valence-corrected chi connectivity index (χ3v) is 2.86. The van der Waals surface area contributed by atoms with Crippen molar-refractivity contribution in [2.45, 2.75) is 25.8 Å². The molecule has 0 bridgehead atoms. The van der Waals surface area contributed by atoms with E-state index < -0.39 is 0 Å². The van der Waals surface area contributed by atoms with Gasteiger partial charge in [-0.1, -0.05) is 0 Å². The first kappa shape index (κ1) is 10.6. The molecular formula is C10H14ClN3O. The number of hydrogen-bond acceptors (Lipinski definition) is 4. The van der Waals surface area contributed by atoms with Crippen LogP contribution in [-0.4, -0.2) is 34.3 Å². The van der Waals surface area contributed by atoms with Gasteiger partial charge in [0.2, 0.25) is 5.28 Å². The molecule has 82 valence electrons. The fraction of sp³-hybridized carbons (Fsp3) is 0.600. The number of nitrogens with zero attached hydrogens (tertiary/aromatic N) is 3. The number of anilines is 1. The van der Waals surface area contributed by atoms with Gasteiger partial charge in [-0.05, 0) is 31.4 Å². The number of aromatic nitrogens is 2. The van der Waals surface area contributed by atoms with Crippen molar-refractivity contribution in [2.75, 3.05) is 18.1 Å². The lowest BCUT2D eigenvalue weighted by Crippen LogP contribution is -2.32. The highest BCUT2D eigenvalue weighted by Crippen LogP contribution is 2.24. The minimum absolute atomic E-state index is 0.167. The van der Waals surface area contributed by atoms with Crippen molar-refractivity contribution in [1.29, 1.82) is 0 Å². The van der Waals surface area contributed by atoms with E-state index in [1.54, 1.807) is 0 Å².